The monoisotopic (exact) mass is 451 g/mol. The van der Waals surface area contributed by atoms with Crippen molar-refractivity contribution in [2.24, 2.45) is 5.41 Å². The quantitative estimate of drug-likeness (QED) is 0.754. The van der Waals surface area contributed by atoms with Crippen molar-refractivity contribution < 1.29 is 19.1 Å². The number of amides is 2. The number of fused-ring (bicyclic) bond motifs is 1. The van der Waals surface area contributed by atoms with E-state index in [0.29, 0.717) is 44.0 Å². The molecule has 1 saturated heterocycles. The van der Waals surface area contributed by atoms with Crippen molar-refractivity contribution in [3.63, 3.8) is 0 Å². The first-order valence-corrected chi connectivity index (χ1v) is 11.8. The minimum Gasteiger partial charge on any atom is -0.491 e. The summed E-state index contributed by atoms with van der Waals surface area (Å²) < 4.78 is 11.1. The van der Waals surface area contributed by atoms with Crippen LogP contribution in [0.2, 0.25) is 0 Å². The van der Waals surface area contributed by atoms with Gasteiger partial charge < -0.3 is 19.7 Å². The maximum atomic E-state index is 13.4. The molecule has 0 bridgehead atoms. The van der Waals surface area contributed by atoms with Crippen LogP contribution in [-0.2, 0) is 11.2 Å². The van der Waals surface area contributed by atoms with Gasteiger partial charge in [0.05, 0.1) is 24.1 Å². The van der Waals surface area contributed by atoms with Crippen LogP contribution in [0.15, 0.2) is 42.6 Å². The van der Waals surface area contributed by atoms with E-state index in [4.69, 9.17) is 9.47 Å². The van der Waals surface area contributed by atoms with Crippen LogP contribution in [0.3, 0.4) is 0 Å². The Bertz CT molecular complexity index is 968. The second kappa shape index (κ2) is 10.2. The standard InChI is InChI=1S/C26H33N3O4/c1-19-18-33-22-9-4-3-7-20(22)8-5-6-12-26(25(31)28-19)13-15-29(16-14-26)24(30)21-10-11-23(32-2)27-17-21/h3-4,7,9-11,17,19H,5-6,8,12-16,18H2,1-2H3,(H,28,31)/t19-/m1/s1. The SMILES string of the molecule is COc1ccc(C(=O)N2CCC3(CCCCc4ccccc4OC[C@@H](C)NC3=O)CC2)cn1. The molecule has 3 heterocycles. The van der Waals surface area contributed by atoms with Gasteiger partial charge in [-0.05, 0) is 56.7 Å². The minimum absolute atomic E-state index is 0.0491. The van der Waals surface area contributed by atoms with E-state index in [2.05, 4.69) is 16.4 Å². The number of hydrogen-bond acceptors (Lipinski definition) is 5. The highest BCUT2D eigenvalue weighted by Crippen LogP contribution is 2.38. The molecule has 7 nitrogen and oxygen atoms in total. The average Bonchev–Trinajstić information content (AvgIpc) is 2.85. The van der Waals surface area contributed by atoms with Crippen molar-refractivity contribution in [3.05, 3.63) is 53.7 Å². The van der Waals surface area contributed by atoms with Gasteiger partial charge >= 0.3 is 0 Å². The summed E-state index contributed by atoms with van der Waals surface area (Å²) in [5.74, 6) is 1.43. The van der Waals surface area contributed by atoms with Crippen molar-refractivity contribution in [2.75, 3.05) is 26.8 Å². The second-order valence-electron chi connectivity index (χ2n) is 9.16. The van der Waals surface area contributed by atoms with E-state index in [1.807, 2.05) is 30.0 Å². The lowest BCUT2D eigenvalue weighted by Gasteiger charge is -2.41. The van der Waals surface area contributed by atoms with E-state index in [-0.39, 0.29) is 17.9 Å². The van der Waals surface area contributed by atoms with Crippen LogP contribution in [0.4, 0.5) is 0 Å². The second-order valence-corrected chi connectivity index (χ2v) is 9.16. The minimum atomic E-state index is -0.443. The van der Waals surface area contributed by atoms with Gasteiger partial charge in [0.1, 0.15) is 12.4 Å². The number of nitrogens with one attached hydrogen (secondary N) is 1. The number of hydrogen-bond donors (Lipinski definition) is 1. The molecule has 0 aliphatic carbocycles. The van der Waals surface area contributed by atoms with Gasteiger partial charge in [-0.1, -0.05) is 24.6 Å². The van der Waals surface area contributed by atoms with Gasteiger partial charge in [-0.15, -0.1) is 0 Å². The fraction of sp³-hybridized carbons (Fsp3) is 0.500. The van der Waals surface area contributed by atoms with E-state index < -0.39 is 5.41 Å². The highest BCUT2D eigenvalue weighted by Gasteiger charge is 2.42. The number of para-hydroxylation sites is 1. The fourth-order valence-corrected chi connectivity index (χ4v) is 4.80. The summed E-state index contributed by atoms with van der Waals surface area (Å²) in [5.41, 5.74) is 1.32. The van der Waals surface area contributed by atoms with Crippen LogP contribution < -0.4 is 14.8 Å². The molecular formula is C26H33N3O4. The predicted octanol–water partition coefficient (Wildman–Crippen LogP) is 3.62. The van der Waals surface area contributed by atoms with Gasteiger partial charge in [-0.3, -0.25) is 9.59 Å². The molecule has 2 aliphatic rings. The maximum Gasteiger partial charge on any atom is 0.255 e. The fourth-order valence-electron chi connectivity index (χ4n) is 4.80. The molecule has 1 spiro atoms. The summed E-state index contributed by atoms with van der Waals surface area (Å²) in [6.07, 6.45) is 6.63. The van der Waals surface area contributed by atoms with Gasteiger partial charge in [0.15, 0.2) is 0 Å². The third-order valence-corrected chi connectivity index (χ3v) is 6.87. The zero-order valence-electron chi connectivity index (χ0n) is 19.5. The van der Waals surface area contributed by atoms with Crippen molar-refractivity contribution in [1.82, 2.24) is 15.2 Å². The highest BCUT2D eigenvalue weighted by molar-refractivity contribution is 5.94. The van der Waals surface area contributed by atoms with Crippen LogP contribution in [0, 0.1) is 5.41 Å². The number of nitrogens with zero attached hydrogens (tertiary/aromatic N) is 2. The summed E-state index contributed by atoms with van der Waals surface area (Å²) in [6, 6.07) is 11.5. The van der Waals surface area contributed by atoms with Crippen LogP contribution in [0.5, 0.6) is 11.6 Å². The molecule has 1 fully saturated rings. The molecule has 2 aromatic rings. The number of methoxy groups -OCH3 is 1. The van der Waals surface area contributed by atoms with Gasteiger partial charge in [0.2, 0.25) is 11.8 Å². The van der Waals surface area contributed by atoms with E-state index in [0.717, 1.165) is 31.4 Å². The van der Waals surface area contributed by atoms with Crippen LogP contribution in [0.25, 0.3) is 0 Å². The molecule has 1 aromatic carbocycles. The molecule has 1 N–H and O–H groups in total. The normalized spacial score (nSPS) is 21.1. The summed E-state index contributed by atoms with van der Waals surface area (Å²) in [6.45, 7) is 3.54. The Hall–Kier alpha value is -3.09. The molecule has 0 radical (unpaired) electrons. The number of piperidine rings is 1. The number of aromatic nitrogens is 1. The van der Waals surface area contributed by atoms with Gasteiger partial charge in [0.25, 0.3) is 5.91 Å². The number of ether oxygens (including phenoxy) is 2. The van der Waals surface area contributed by atoms with Gasteiger partial charge in [-0.2, -0.15) is 0 Å². The zero-order valence-corrected chi connectivity index (χ0v) is 19.5. The van der Waals surface area contributed by atoms with E-state index >= 15 is 0 Å². The van der Waals surface area contributed by atoms with Gasteiger partial charge in [-0.25, -0.2) is 4.98 Å². The first-order valence-electron chi connectivity index (χ1n) is 11.8. The third kappa shape index (κ3) is 5.29. The Kier molecular flexibility index (Phi) is 7.16. The molecule has 7 heteroatoms. The molecular weight excluding hydrogens is 418 g/mol. The zero-order chi connectivity index (χ0) is 23.3. The number of benzene rings is 1. The summed E-state index contributed by atoms with van der Waals surface area (Å²) in [4.78, 5) is 32.3. The van der Waals surface area contributed by atoms with Crippen molar-refractivity contribution in [2.45, 2.75) is 51.5 Å². The number of carbonyl (C=O) groups is 2. The van der Waals surface area contributed by atoms with E-state index in [1.54, 1.807) is 25.4 Å². The van der Waals surface area contributed by atoms with E-state index in [1.165, 1.54) is 5.56 Å². The van der Waals surface area contributed by atoms with Crippen molar-refractivity contribution in [3.8, 4) is 11.6 Å². The van der Waals surface area contributed by atoms with Gasteiger partial charge in [0, 0.05) is 25.4 Å². The summed E-state index contributed by atoms with van der Waals surface area (Å²) in [7, 11) is 1.55. The van der Waals surface area contributed by atoms with Crippen LogP contribution >= 0.6 is 0 Å². The number of aryl methyl sites for hydroxylation is 1. The number of pyridine rings is 1. The first-order chi connectivity index (χ1) is 16.0. The topological polar surface area (TPSA) is 80.8 Å². The summed E-state index contributed by atoms with van der Waals surface area (Å²) in [5, 5.41) is 3.19. The molecule has 2 aliphatic heterocycles. The molecule has 1 atom stereocenters. The molecule has 0 unspecified atom stereocenters. The Morgan fingerprint density at radius 2 is 1.94 bits per heavy atom. The molecule has 176 valence electrons. The van der Waals surface area contributed by atoms with E-state index in [9.17, 15) is 9.59 Å². The lowest BCUT2D eigenvalue weighted by Crippen LogP contribution is -2.52. The Labute approximate surface area is 195 Å². The molecule has 0 saturated carbocycles. The predicted molar refractivity (Wildman–Crippen MR) is 125 cm³/mol. The van der Waals surface area contributed by atoms with Crippen LogP contribution in [-0.4, -0.2) is 54.5 Å². The number of carbonyl (C=O) groups excluding carboxylic acids is 2. The Balaban J connectivity index is 1.43. The molecule has 33 heavy (non-hydrogen) atoms. The molecule has 1 aromatic heterocycles. The lowest BCUT2D eigenvalue weighted by molar-refractivity contribution is -0.135. The highest BCUT2D eigenvalue weighted by atomic mass is 16.5. The van der Waals surface area contributed by atoms with Crippen molar-refractivity contribution in [1.29, 1.82) is 0 Å². The summed E-state index contributed by atoms with van der Waals surface area (Å²) >= 11 is 0. The molecule has 4 rings (SSSR count). The average molecular weight is 452 g/mol. The lowest BCUT2D eigenvalue weighted by atomic mass is 9.73. The molecule has 2 amide bonds. The van der Waals surface area contributed by atoms with Crippen molar-refractivity contribution >= 4 is 11.8 Å². The Morgan fingerprint density at radius 1 is 1.15 bits per heavy atom. The Morgan fingerprint density at radius 3 is 2.67 bits per heavy atom. The third-order valence-electron chi connectivity index (χ3n) is 6.87. The first kappa shape index (κ1) is 23.1. The maximum absolute atomic E-state index is 13.4. The smallest absolute Gasteiger partial charge is 0.255 e. The van der Waals surface area contributed by atoms with Crippen LogP contribution in [0.1, 0.15) is 54.9 Å². The number of rotatable bonds is 2. The largest absolute Gasteiger partial charge is 0.491 e. The number of likely N-dealkylation sites (tertiary alicyclic amines) is 1.